The van der Waals surface area contributed by atoms with Crippen molar-refractivity contribution < 1.29 is 57.5 Å². The van der Waals surface area contributed by atoms with E-state index >= 15 is 0 Å². The SMILES string of the molecule is CC(=O)OC[C@@H]1O[C@@H](Oc2ccc(C(=O)Cc3ccc(Cl)cc3)c(O)c2)[C@@H](OC(C)=O)[C@H](OC(C)=O)[C@@H]1OC(C)=O. The van der Waals surface area contributed by atoms with Crippen LogP contribution in [0.15, 0.2) is 42.5 Å². The number of halogens is 1. The van der Waals surface area contributed by atoms with Crippen LogP contribution in [0.4, 0.5) is 0 Å². The smallest absolute Gasteiger partial charge is 0.303 e. The number of benzene rings is 2. The molecule has 2 aromatic rings. The highest BCUT2D eigenvalue weighted by atomic mass is 35.5. The molecule has 1 N–H and O–H groups in total. The van der Waals surface area contributed by atoms with Gasteiger partial charge in [0, 0.05) is 45.2 Å². The van der Waals surface area contributed by atoms with E-state index in [1.165, 1.54) is 12.1 Å². The molecule has 0 aliphatic carbocycles. The van der Waals surface area contributed by atoms with Crippen molar-refractivity contribution in [2.45, 2.75) is 64.8 Å². The fraction of sp³-hybridized carbons (Fsp3) is 0.393. The predicted octanol–water partition coefficient (Wildman–Crippen LogP) is 2.93. The van der Waals surface area contributed by atoms with Crippen LogP contribution in [-0.2, 0) is 49.3 Å². The Kier molecular flexibility index (Phi) is 10.7. The molecule has 0 spiro atoms. The first-order valence-electron chi connectivity index (χ1n) is 12.4. The summed E-state index contributed by atoms with van der Waals surface area (Å²) in [7, 11) is 0. The van der Waals surface area contributed by atoms with E-state index in [1.54, 1.807) is 24.3 Å². The van der Waals surface area contributed by atoms with Gasteiger partial charge < -0.3 is 33.5 Å². The number of Topliss-reactive ketones (excluding diaryl/α,β-unsaturated/α-hetero) is 1. The minimum atomic E-state index is -1.49. The zero-order valence-electron chi connectivity index (χ0n) is 22.7. The lowest BCUT2D eigenvalue weighted by atomic mass is 9.98. The quantitative estimate of drug-likeness (QED) is 0.244. The van der Waals surface area contributed by atoms with Crippen LogP contribution in [0.3, 0.4) is 0 Å². The van der Waals surface area contributed by atoms with Crippen molar-refractivity contribution in [2.24, 2.45) is 0 Å². The Morgan fingerprint density at radius 3 is 1.95 bits per heavy atom. The van der Waals surface area contributed by atoms with E-state index in [0.717, 1.165) is 33.8 Å². The minimum Gasteiger partial charge on any atom is -0.507 e. The second-order valence-corrected chi connectivity index (χ2v) is 9.53. The molecule has 220 valence electrons. The molecule has 1 aliphatic rings. The molecular formula is C28H29ClO12. The van der Waals surface area contributed by atoms with Crippen LogP contribution < -0.4 is 4.74 Å². The molecule has 0 amide bonds. The zero-order valence-corrected chi connectivity index (χ0v) is 23.4. The van der Waals surface area contributed by atoms with Crippen LogP contribution in [0.25, 0.3) is 0 Å². The third kappa shape index (κ3) is 8.92. The topological polar surface area (TPSA) is 161 Å². The fourth-order valence-electron chi connectivity index (χ4n) is 4.12. The van der Waals surface area contributed by atoms with Gasteiger partial charge in [-0.25, -0.2) is 0 Å². The number of aromatic hydroxyl groups is 1. The summed E-state index contributed by atoms with van der Waals surface area (Å²) in [6.45, 7) is 4.03. The zero-order chi connectivity index (χ0) is 30.3. The Morgan fingerprint density at radius 2 is 1.39 bits per heavy atom. The molecule has 0 bridgehead atoms. The second kappa shape index (κ2) is 14.0. The third-order valence-electron chi connectivity index (χ3n) is 5.75. The summed E-state index contributed by atoms with van der Waals surface area (Å²) in [5.74, 6) is -3.80. The summed E-state index contributed by atoms with van der Waals surface area (Å²) in [6.07, 6.45) is -6.93. The Bertz CT molecular complexity index is 1290. The Balaban J connectivity index is 1.90. The molecule has 0 aromatic heterocycles. The summed E-state index contributed by atoms with van der Waals surface area (Å²) < 4.78 is 32.8. The lowest BCUT2D eigenvalue weighted by Crippen LogP contribution is -2.63. The van der Waals surface area contributed by atoms with Crippen LogP contribution in [0.1, 0.15) is 43.6 Å². The van der Waals surface area contributed by atoms with Gasteiger partial charge in [0.15, 0.2) is 18.0 Å². The van der Waals surface area contributed by atoms with Gasteiger partial charge in [-0.15, -0.1) is 0 Å². The maximum Gasteiger partial charge on any atom is 0.303 e. The average Bonchev–Trinajstić information content (AvgIpc) is 2.87. The summed E-state index contributed by atoms with van der Waals surface area (Å²) in [6, 6.07) is 10.6. The van der Waals surface area contributed by atoms with Crippen molar-refractivity contribution in [2.75, 3.05) is 6.61 Å². The summed E-state index contributed by atoms with van der Waals surface area (Å²) in [5, 5.41) is 11.1. The monoisotopic (exact) mass is 592 g/mol. The number of rotatable bonds is 10. The first kappa shape index (κ1) is 31.4. The average molecular weight is 593 g/mol. The molecule has 0 saturated carbocycles. The number of esters is 4. The van der Waals surface area contributed by atoms with Crippen LogP contribution >= 0.6 is 11.6 Å². The fourth-order valence-corrected chi connectivity index (χ4v) is 4.25. The van der Waals surface area contributed by atoms with Crippen molar-refractivity contribution in [1.82, 2.24) is 0 Å². The molecule has 0 unspecified atom stereocenters. The molecule has 1 aliphatic heterocycles. The highest BCUT2D eigenvalue weighted by Crippen LogP contribution is 2.33. The van der Waals surface area contributed by atoms with Crippen LogP contribution in [0.2, 0.25) is 5.02 Å². The first-order valence-corrected chi connectivity index (χ1v) is 12.8. The molecule has 2 aromatic carbocycles. The number of ether oxygens (including phenoxy) is 6. The Hall–Kier alpha value is -4.16. The normalized spacial score (nSPS) is 21.7. The van der Waals surface area contributed by atoms with Gasteiger partial charge in [-0.1, -0.05) is 23.7 Å². The first-order chi connectivity index (χ1) is 19.3. The van der Waals surface area contributed by atoms with Crippen molar-refractivity contribution in [1.29, 1.82) is 0 Å². The van der Waals surface area contributed by atoms with E-state index in [1.807, 2.05) is 0 Å². The van der Waals surface area contributed by atoms with E-state index in [9.17, 15) is 29.1 Å². The van der Waals surface area contributed by atoms with Crippen LogP contribution in [0, 0.1) is 0 Å². The maximum atomic E-state index is 12.8. The molecule has 1 saturated heterocycles. The van der Waals surface area contributed by atoms with Gasteiger partial charge in [0.25, 0.3) is 0 Å². The standard InChI is InChI=1S/C28H29ClO12/c1-14(30)36-13-24-25(37-15(2)31)26(38-16(3)32)27(39-17(4)33)28(41-24)40-20-9-10-21(23(35)12-20)22(34)11-18-5-7-19(29)8-6-18/h5-10,12,24-28,35H,11,13H2,1-4H3/t24-,25+,26+,27-,28+/m0/s1. The van der Waals surface area contributed by atoms with Gasteiger partial charge >= 0.3 is 23.9 Å². The number of hydrogen-bond donors (Lipinski definition) is 1. The lowest BCUT2D eigenvalue weighted by molar-refractivity contribution is -0.288. The largest absolute Gasteiger partial charge is 0.507 e. The van der Waals surface area contributed by atoms with E-state index in [-0.39, 0.29) is 23.5 Å². The molecule has 12 nitrogen and oxygen atoms in total. The van der Waals surface area contributed by atoms with Gasteiger partial charge in [0.05, 0.1) is 5.56 Å². The molecule has 0 radical (unpaired) electrons. The van der Waals surface area contributed by atoms with Gasteiger partial charge in [-0.2, -0.15) is 0 Å². The third-order valence-corrected chi connectivity index (χ3v) is 6.00. The molecule has 3 rings (SSSR count). The lowest BCUT2D eigenvalue weighted by Gasteiger charge is -2.43. The maximum absolute atomic E-state index is 12.8. The second-order valence-electron chi connectivity index (χ2n) is 9.09. The van der Waals surface area contributed by atoms with Gasteiger partial charge in [-0.3, -0.25) is 24.0 Å². The number of phenolic OH excluding ortho intramolecular Hbond substituents is 1. The molecule has 5 atom stereocenters. The van der Waals surface area contributed by atoms with Gasteiger partial charge in [-0.05, 0) is 29.8 Å². The van der Waals surface area contributed by atoms with Crippen LogP contribution in [-0.4, -0.2) is 72.1 Å². The van der Waals surface area contributed by atoms with E-state index < -0.39 is 66.9 Å². The van der Waals surface area contributed by atoms with Crippen molar-refractivity contribution in [3.8, 4) is 11.5 Å². The molecule has 1 heterocycles. The summed E-state index contributed by atoms with van der Waals surface area (Å²) >= 11 is 5.89. The van der Waals surface area contributed by atoms with Crippen molar-refractivity contribution in [3.63, 3.8) is 0 Å². The molecule has 41 heavy (non-hydrogen) atoms. The van der Waals surface area contributed by atoms with Crippen LogP contribution in [0.5, 0.6) is 11.5 Å². The molecular weight excluding hydrogens is 564 g/mol. The minimum absolute atomic E-state index is 0.00459. The Labute approximate surface area is 240 Å². The van der Waals surface area contributed by atoms with Gasteiger partial charge in [0.1, 0.15) is 24.2 Å². The van der Waals surface area contributed by atoms with Crippen molar-refractivity contribution in [3.05, 3.63) is 58.6 Å². The highest BCUT2D eigenvalue weighted by molar-refractivity contribution is 6.30. The molecule has 1 fully saturated rings. The van der Waals surface area contributed by atoms with E-state index in [4.69, 9.17) is 40.0 Å². The number of carbonyl (C=O) groups is 5. The van der Waals surface area contributed by atoms with E-state index in [0.29, 0.717) is 10.6 Å². The van der Waals surface area contributed by atoms with E-state index in [2.05, 4.69) is 0 Å². The Morgan fingerprint density at radius 1 is 0.805 bits per heavy atom. The predicted molar refractivity (Wildman–Crippen MR) is 140 cm³/mol. The van der Waals surface area contributed by atoms with Crippen molar-refractivity contribution >= 4 is 41.3 Å². The molecule has 13 heteroatoms. The van der Waals surface area contributed by atoms with Gasteiger partial charge in [0.2, 0.25) is 12.4 Å². The summed E-state index contributed by atoms with van der Waals surface area (Å²) in [4.78, 5) is 60.1. The number of carbonyl (C=O) groups excluding carboxylic acids is 5. The number of phenols is 1. The highest BCUT2D eigenvalue weighted by Gasteiger charge is 2.53. The number of ketones is 1. The number of hydrogen-bond acceptors (Lipinski definition) is 12. The summed E-state index contributed by atoms with van der Waals surface area (Å²) in [5.41, 5.74) is 0.713.